The summed E-state index contributed by atoms with van der Waals surface area (Å²) in [5.74, 6) is 0. The van der Waals surface area contributed by atoms with E-state index in [1.807, 2.05) is 12.1 Å². The van der Waals surface area contributed by atoms with Crippen LogP contribution in [0.15, 0.2) is 18.2 Å². The van der Waals surface area contributed by atoms with Gasteiger partial charge in [-0.1, -0.05) is 17.7 Å². The van der Waals surface area contributed by atoms with Crippen LogP contribution >= 0.6 is 11.6 Å². The fourth-order valence-corrected chi connectivity index (χ4v) is 3.40. The summed E-state index contributed by atoms with van der Waals surface area (Å²) in [6.07, 6.45) is 2.72. The Morgan fingerprint density at radius 1 is 1.39 bits per heavy atom. The van der Waals surface area contributed by atoms with Crippen molar-refractivity contribution in [3.05, 3.63) is 29.0 Å². The van der Waals surface area contributed by atoms with Gasteiger partial charge in [0.1, 0.15) is 5.15 Å². The number of rotatable bonds is 2. The second-order valence-electron chi connectivity index (χ2n) is 5.52. The van der Waals surface area contributed by atoms with Crippen LogP contribution in [0.3, 0.4) is 0 Å². The van der Waals surface area contributed by atoms with Crippen molar-refractivity contribution in [2.24, 2.45) is 0 Å². The molecule has 3 heterocycles. The molecular weight excluding hydrogens is 246 g/mol. The molecule has 0 amide bonds. The van der Waals surface area contributed by atoms with Crippen LogP contribution < -0.4 is 0 Å². The number of halogens is 1. The van der Waals surface area contributed by atoms with Gasteiger partial charge in [0.25, 0.3) is 0 Å². The summed E-state index contributed by atoms with van der Waals surface area (Å²) in [6, 6.07) is 7.27. The van der Waals surface area contributed by atoms with E-state index in [0.29, 0.717) is 11.2 Å². The van der Waals surface area contributed by atoms with Gasteiger partial charge in [0, 0.05) is 31.7 Å². The fourth-order valence-electron chi connectivity index (χ4n) is 3.21. The minimum Gasteiger partial charge on any atom is -0.298 e. The van der Waals surface area contributed by atoms with E-state index in [2.05, 4.69) is 27.8 Å². The second-order valence-corrected chi connectivity index (χ2v) is 5.91. The Morgan fingerprint density at radius 3 is 3.11 bits per heavy atom. The first-order chi connectivity index (χ1) is 8.72. The molecule has 0 saturated carbocycles. The number of hydrogen-bond acceptors (Lipinski definition) is 3. The third kappa shape index (κ3) is 2.53. The van der Waals surface area contributed by atoms with Crippen molar-refractivity contribution < 1.29 is 0 Å². The normalized spacial score (nSPS) is 29.4. The molecule has 2 atom stereocenters. The van der Waals surface area contributed by atoms with E-state index >= 15 is 0 Å². The molecule has 0 aliphatic carbocycles. The molecule has 2 unspecified atom stereocenters. The van der Waals surface area contributed by atoms with Crippen LogP contribution in [0.5, 0.6) is 0 Å². The summed E-state index contributed by atoms with van der Waals surface area (Å²) in [5, 5.41) is 0.597. The maximum Gasteiger partial charge on any atom is 0.129 e. The third-order valence-electron chi connectivity index (χ3n) is 4.20. The van der Waals surface area contributed by atoms with Crippen LogP contribution in [-0.4, -0.2) is 46.5 Å². The van der Waals surface area contributed by atoms with Gasteiger partial charge >= 0.3 is 0 Å². The molecule has 0 bridgehead atoms. The lowest BCUT2D eigenvalue weighted by molar-refractivity contribution is 0.0532. The first kappa shape index (κ1) is 12.4. The SMILES string of the molecule is CC1CN2CCCC2CN1Cc1cccc(Cl)n1. The van der Waals surface area contributed by atoms with Crippen LogP contribution in [-0.2, 0) is 6.54 Å². The van der Waals surface area contributed by atoms with Gasteiger partial charge in [-0.05, 0) is 38.4 Å². The van der Waals surface area contributed by atoms with Crippen molar-refractivity contribution in [2.75, 3.05) is 19.6 Å². The molecule has 0 spiro atoms. The Hall–Kier alpha value is -0.640. The predicted molar refractivity (Wildman–Crippen MR) is 73.7 cm³/mol. The van der Waals surface area contributed by atoms with Crippen LogP contribution in [0.1, 0.15) is 25.5 Å². The Labute approximate surface area is 114 Å². The van der Waals surface area contributed by atoms with Gasteiger partial charge in [-0.2, -0.15) is 0 Å². The van der Waals surface area contributed by atoms with Gasteiger partial charge in [0.15, 0.2) is 0 Å². The maximum absolute atomic E-state index is 5.95. The Morgan fingerprint density at radius 2 is 2.28 bits per heavy atom. The van der Waals surface area contributed by atoms with Gasteiger partial charge < -0.3 is 0 Å². The third-order valence-corrected chi connectivity index (χ3v) is 4.41. The highest BCUT2D eigenvalue weighted by Gasteiger charge is 2.34. The first-order valence-corrected chi connectivity index (χ1v) is 7.20. The smallest absolute Gasteiger partial charge is 0.129 e. The molecule has 1 aromatic rings. The van der Waals surface area contributed by atoms with Crippen molar-refractivity contribution in [3.8, 4) is 0 Å². The number of aromatic nitrogens is 1. The minimum atomic E-state index is 0.597. The molecule has 2 fully saturated rings. The molecule has 3 rings (SSSR count). The van der Waals surface area contributed by atoms with E-state index in [-0.39, 0.29) is 0 Å². The van der Waals surface area contributed by atoms with Crippen LogP contribution in [0.4, 0.5) is 0 Å². The monoisotopic (exact) mass is 265 g/mol. The molecule has 3 nitrogen and oxygen atoms in total. The van der Waals surface area contributed by atoms with Gasteiger partial charge in [-0.3, -0.25) is 9.80 Å². The molecular formula is C14H20ClN3. The summed E-state index contributed by atoms with van der Waals surface area (Å²) in [6.45, 7) is 6.91. The Kier molecular flexibility index (Phi) is 3.55. The van der Waals surface area contributed by atoms with Crippen molar-refractivity contribution in [1.29, 1.82) is 0 Å². The predicted octanol–water partition coefficient (Wildman–Crippen LogP) is 2.40. The fraction of sp³-hybridized carbons (Fsp3) is 0.643. The molecule has 1 aromatic heterocycles. The second kappa shape index (κ2) is 5.16. The summed E-state index contributed by atoms with van der Waals surface area (Å²) >= 11 is 5.95. The number of fused-ring (bicyclic) bond motifs is 1. The number of nitrogens with zero attached hydrogens (tertiary/aromatic N) is 3. The van der Waals surface area contributed by atoms with E-state index in [1.165, 1.54) is 32.5 Å². The quantitative estimate of drug-likeness (QED) is 0.766. The van der Waals surface area contributed by atoms with Crippen LogP contribution in [0.2, 0.25) is 5.15 Å². The maximum atomic E-state index is 5.95. The van der Waals surface area contributed by atoms with E-state index in [0.717, 1.165) is 18.3 Å². The molecule has 18 heavy (non-hydrogen) atoms. The Bertz CT molecular complexity index is 423. The van der Waals surface area contributed by atoms with Crippen molar-refractivity contribution in [3.63, 3.8) is 0 Å². The molecule has 2 saturated heterocycles. The van der Waals surface area contributed by atoms with E-state index in [4.69, 9.17) is 11.6 Å². The number of piperazine rings is 1. The zero-order valence-corrected chi connectivity index (χ0v) is 11.6. The highest BCUT2D eigenvalue weighted by molar-refractivity contribution is 6.29. The largest absolute Gasteiger partial charge is 0.298 e. The summed E-state index contributed by atoms with van der Waals surface area (Å²) < 4.78 is 0. The van der Waals surface area contributed by atoms with Gasteiger partial charge in [0.05, 0.1) is 5.69 Å². The highest BCUT2D eigenvalue weighted by atomic mass is 35.5. The van der Waals surface area contributed by atoms with Gasteiger partial charge in [0.2, 0.25) is 0 Å². The molecule has 0 radical (unpaired) electrons. The van der Waals surface area contributed by atoms with E-state index in [9.17, 15) is 0 Å². The van der Waals surface area contributed by atoms with Gasteiger partial charge in [-0.25, -0.2) is 4.98 Å². The van der Waals surface area contributed by atoms with E-state index < -0.39 is 0 Å². The Balaban J connectivity index is 1.68. The topological polar surface area (TPSA) is 19.4 Å². The lowest BCUT2D eigenvalue weighted by Gasteiger charge is -2.42. The average molecular weight is 266 g/mol. The zero-order valence-electron chi connectivity index (χ0n) is 10.8. The molecule has 98 valence electrons. The lowest BCUT2D eigenvalue weighted by Crippen LogP contribution is -2.54. The van der Waals surface area contributed by atoms with Crippen LogP contribution in [0, 0.1) is 0 Å². The molecule has 2 aliphatic rings. The highest BCUT2D eigenvalue weighted by Crippen LogP contribution is 2.25. The number of hydrogen-bond donors (Lipinski definition) is 0. The first-order valence-electron chi connectivity index (χ1n) is 6.82. The summed E-state index contributed by atoms with van der Waals surface area (Å²) in [5.41, 5.74) is 1.08. The molecule has 0 aromatic carbocycles. The van der Waals surface area contributed by atoms with Crippen LogP contribution in [0.25, 0.3) is 0 Å². The summed E-state index contributed by atoms with van der Waals surface area (Å²) in [4.78, 5) is 9.59. The minimum absolute atomic E-state index is 0.597. The van der Waals surface area contributed by atoms with E-state index in [1.54, 1.807) is 0 Å². The van der Waals surface area contributed by atoms with Crippen molar-refractivity contribution >= 4 is 11.6 Å². The average Bonchev–Trinajstić information content (AvgIpc) is 2.76. The number of pyridine rings is 1. The van der Waals surface area contributed by atoms with Gasteiger partial charge in [-0.15, -0.1) is 0 Å². The molecule has 0 N–H and O–H groups in total. The van der Waals surface area contributed by atoms with Crippen molar-refractivity contribution in [2.45, 2.75) is 38.4 Å². The zero-order chi connectivity index (χ0) is 12.5. The van der Waals surface area contributed by atoms with Crippen molar-refractivity contribution in [1.82, 2.24) is 14.8 Å². The molecule has 4 heteroatoms. The molecule has 2 aliphatic heterocycles. The summed E-state index contributed by atoms with van der Waals surface area (Å²) in [7, 11) is 0. The lowest BCUT2D eigenvalue weighted by atomic mass is 10.1. The standard InChI is InChI=1S/C14H20ClN3/c1-11-8-17-7-3-5-13(17)10-18(11)9-12-4-2-6-14(15)16-12/h2,4,6,11,13H,3,5,7-10H2,1H3.